The van der Waals surface area contributed by atoms with Crippen molar-refractivity contribution in [2.75, 3.05) is 14.7 Å². The number of hydrogen-bond donors (Lipinski definition) is 0. The molecule has 0 radical (unpaired) electrons. The molecule has 0 bridgehead atoms. The molecule has 368 valence electrons. The molecular weight excluding hydrogens is 933 g/mol. The SMILES string of the molecule is C=C1CC/C=C\Cc2cc(N(c3ccc(-c4ccccc4)cc3)c3ccc(-c4ccc(N(c5ccc(-c6ccccc6)cc5)c5ccc6c(c5)c5ccccc5n6-c5ccccc5)cc4)cc3)ccc2N1c1ccccc1. The van der Waals surface area contributed by atoms with E-state index in [1.165, 1.54) is 49.6 Å². The molecule has 77 heavy (non-hydrogen) atoms. The number of rotatable bonds is 11. The third-order valence-corrected chi connectivity index (χ3v) is 15.0. The average molecular weight is 989 g/mol. The number of nitrogens with zero attached hydrogens (tertiary/aromatic N) is 4. The zero-order valence-electron chi connectivity index (χ0n) is 42.8. The quantitative estimate of drug-likeness (QED) is 0.120. The molecule has 1 aromatic heterocycles. The molecule has 0 N–H and O–H groups in total. The molecule has 0 fully saturated rings. The largest absolute Gasteiger partial charge is 0.315 e. The van der Waals surface area contributed by atoms with E-state index in [9.17, 15) is 0 Å². The fourth-order valence-corrected chi connectivity index (χ4v) is 11.2. The van der Waals surface area contributed by atoms with Crippen molar-refractivity contribution in [3.63, 3.8) is 0 Å². The summed E-state index contributed by atoms with van der Waals surface area (Å²) < 4.78 is 2.37. The van der Waals surface area contributed by atoms with Gasteiger partial charge in [-0.15, -0.1) is 0 Å². The molecule has 0 amide bonds. The minimum Gasteiger partial charge on any atom is -0.315 e. The summed E-state index contributed by atoms with van der Waals surface area (Å²) in [6, 6.07) is 101. The number of fused-ring (bicyclic) bond motifs is 4. The van der Waals surface area contributed by atoms with Crippen molar-refractivity contribution in [1.82, 2.24) is 4.57 Å². The third kappa shape index (κ3) is 9.28. The second kappa shape index (κ2) is 20.8. The van der Waals surface area contributed by atoms with Crippen LogP contribution in [-0.4, -0.2) is 4.57 Å². The summed E-state index contributed by atoms with van der Waals surface area (Å²) in [6.07, 6.45) is 7.28. The Morgan fingerprint density at radius 1 is 0.325 bits per heavy atom. The van der Waals surface area contributed by atoms with Crippen LogP contribution in [0.25, 0.3) is 60.9 Å². The van der Waals surface area contributed by atoms with Gasteiger partial charge in [0.2, 0.25) is 0 Å². The van der Waals surface area contributed by atoms with Crippen LogP contribution in [0.15, 0.2) is 303 Å². The normalized spacial score (nSPS) is 12.9. The molecule has 13 rings (SSSR count). The molecular formula is C73H56N4. The van der Waals surface area contributed by atoms with Crippen LogP contribution >= 0.6 is 0 Å². The maximum absolute atomic E-state index is 4.59. The lowest BCUT2D eigenvalue weighted by Crippen LogP contribution is -2.17. The van der Waals surface area contributed by atoms with Gasteiger partial charge in [0, 0.05) is 67.7 Å². The summed E-state index contributed by atoms with van der Waals surface area (Å²) in [5.41, 5.74) is 21.7. The first-order chi connectivity index (χ1) is 38.1. The van der Waals surface area contributed by atoms with Gasteiger partial charge in [0.25, 0.3) is 0 Å². The van der Waals surface area contributed by atoms with Crippen LogP contribution < -0.4 is 14.7 Å². The van der Waals surface area contributed by atoms with E-state index in [0.29, 0.717) is 0 Å². The molecule has 4 nitrogen and oxygen atoms in total. The van der Waals surface area contributed by atoms with Crippen molar-refractivity contribution >= 4 is 67.3 Å². The van der Waals surface area contributed by atoms with E-state index in [4.69, 9.17) is 0 Å². The van der Waals surface area contributed by atoms with Gasteiger partial charge in [-0.25, -0.2) is 0 Å². The van der Waals surface area contributed by atoms with Crippen LogP contribution in [0.2, 0.25) is 0 Å². The van der Waals surface area contributed by atoms with Gasteiger partial charge in [0.1, 0.15) is 0 Å². The van der Waals surface area contributed by atoms with Crippen molar-refractivity contribution < 1.29 is 0 Å². The van der Waals surface area contributed by atoms with Gasteiger partial charge in [-0.3, -0.25) is 0 Å². The Balaban J connectivity index is 0.870. The zero-order chi connectivity index (χ0) is 51.5. The van der Waals surface area contributed by atoms with Crippen LogP contribution in [0, 0.1) is 0 Å². The number of benzene rings is 11. The average Bonchev–Trinajstić information content (AvgIpc) is 4.00. The molecule has 1 aliphatic heterocycles. The number of aromatic nitrogens is 1. The summed E-state index contributed by atoms with van der Waals surface area (Å²) in [7, 11) is 0. The topological polar surface area (TPSA) is 14.7 Å². The molecule has 0 aliphatic carbocycles. The number of para-hydroxylation sites is 3. The van der Waals surface area contributed by atoms with Crippen LogP contribution in [0.4, 0.5) is 45.5 Å². The Labute approximate surface area is 451 Å². The van der Waals surface area contributed by atoms with Gasteiger partial charge in [-0.1, -0.05) is 183 Å². The summed E-state index contributed by atoms with van der Waals surface area (Å²) in [5, 5.41) is 2.43. The minimum absolute atomic E-state index is 0.819. The Morgan fingerprint density at radius 2 is 0.727 bits per heavy atom. The number of anilines is 8. The first-order valence-corrected chi connectivity index (χ1v) is 26.6. The summed E-state index contributed by atoms with van der Waals surface area (Å²) in [6.45, 7) is 4.59. The monoisotopic (exact) mass is 988 g/mol. The van der Waals surface area contributed by atoms with Crippen molar-refractivity contribution in [3.05, 3.63) is 309 Å². The molecule has 0 saturated heterocycles. The Hall–Kier alpha value is -9.90. The molecule has 2 heterocycles. The molecule has 0 spiro atoms. The molecule has 12 aromatic rings. The van der Waals surface area contributed by atoms with E-state index in [2.05, 4.69) is 317 Å². The van der Waals surface area contributed by atoms with E-state index < -0.39 is 0 Å². The second-order valence-corrected chi connectivity index (χ2v) is 19.7. The minimum atomic E-state index is 0.819. The van der Waals surface area contributed by atoms with E-state index >= 15 is 0 Å². The summed E-state index contributed by atoms with van der Waals surface area (Å²) >= 11 is 0. The molecule has 0 atom stereocenters. The van der Waals surface area contributed by atoms with E-state index in [1.807, 2.05) is 0 Å². The van der Waals surface area contributed by atoms with Gasteiger partial charge >= 0.3 is 0 Å². The predicted molar refractivity (Wildman–Crippen MR) is 326 cm³/mol. The summed E-state index contributed by atoms with van der Waals surface area (Å²) in [5.74, 6) is 0. The van der Waals surface area contributed by atoms with Gasteiger partial charge in [0.15, 0.2) is 0 Å². The third-order valence-electron chi connectivity index (χ3n) is 15.0. The van der Waals surface area contributed by atoms with Crippen LogP contribution in [0.3, 0.4) is 0 Å². The van der Waals surface area contributed by atoms with Gasteiger partial charge in [-0.2, -0.15) is 0 Å². The Morgan fingerprint density at radius 3 is 1.25 bits per heavy atom. The zero-order valence-corrected chi connectivity index (χ0v) is 42.8. The van der Waals surface area contributed by atoms with Crippen LogP contribution in [-0.2, 0) is 6.42 Å². The molecule has 4 heteroatoms. The molecule has 0 unspecified atom stereocenters. The molecule has 1 aliphatic rings. The highest BCUT2D eigenvalue weighted by atomic mass is 15.2. The van der Waals surface area contributed by atoms with E-state index in [-0.39, 0.29) is 0 Å². The molecule has 0 saturated carbocycles. The fraction of sp³-hybridized carbons (Fsp3) is 0.0411. The standard InChI is InChI=1S/C73H56N4/c1-53-19-7-2-12-24-60-51-67(47-49-71(60)74(53)61-25-13-5-14-26-61)75(63-39-31-56(32-40-63)54-20-8-3-9-21-54)64-43-35-58(36-44-64)59-37-45-66(46-38-59)76(65-41-33-57(34-42-65)55-22-10-4-11-23-55)68-48-50-73-70(52-68)69-29-17-18-30-72(69)77(73)62-27-15-6-16-28-62/h2-6,8-18,20-23,25-52H,1,7,19,24H2/b12-2-. The Kier molecular flexibility index (Phi) is 12.6. The first kappa shape index (κ1) is 46.9. The highest BCUT2D eigenvalue weighted by Crippen LogP contribution is 2.44. The lowest BCUT2D eigenvalue weighted by molar-refractivity contribution is 0.940. The predicted octanol–water partition coefficient (Wildman–Crippen LogP) is 20.3. The highest BCUT2D eigenvalue weighted by Gasteiger charge is 2.22. The van der Waals surface area contributed by atoms with Gasteiger partial charge < -0.3 is 19.3 Å². The van der Waals surface area contributed by atoms with E-state index in [0.717, 1.165) is 87.3 Å². The lowest BCUT2D eigenvalue weighted by Gasteiger charge is -2.31. The van der Waals surface area contributed by atoms with Crippen molar-refractivity contribution in [3.8, 4) is 39.1 Å². The summed E-state index contributed by atoms with van der Waals surface area (Å²) in [4.78, 5) is 7.11. The van der Waals surface area contributed by atoms with Crippen molar-refractivity contribution in [2.24, 2.45) is 0 Å². The number of hydrogen-bond acceptors (Lipinski definition) is 3. The first-order valence-electron chi connectivity index (χ1n) is 26.6. The van der Waals surface area contributed by atoms with E-state index in [1.54, 1.807) is 0 Å². The number of allylic oxidation sites excluding steroid dienone is 3. The van der Waals surface area contributed by atoms with Crippen LogP contribution in [0.5, 0.6) is 0 Å². The van der Waals surface area contributed by atoms with Crippen LogP contribution in [0.1, 0.15) is 18.4 Å². The maximum atomic E-state index is 4.59. The lowest BCUT2D eigenvalue weighted by atomic mass is 10.0. The molecule has 11 aromatic carbocycles. The van der Waals surface area contributed by atoms with Crippen molar-refractivity contribution in [2.45, 2.75) is 19.3 Å². The highest BCUT2D eigenvalue weighted by molar-refractivity contribution is 6.10. The smallest absolute Gasteiger partial charge is 0.0542 e. The second-order valence-electron chi connectivity index (χ2n) is 19.7. The van der Waals surface area contributed by atoms with Gasteiger partial charge in [0.05, 0.1) is 11.0 Å². The van der Waals surface area contributed by atoms with Gasteiger partial charge in [-0.05, 0) is 173 Å². The fourth-order valence-electron chi connectivity index (χ4n) is 11.2. The van der Waals surface area contributed by atoms with Crippen molar-refractivity contribution in [1.29, 1.82) is 0 Å². The Bertz CT molecular complexity index is 4030. The maximum Gasteiger partial charge on any atom is 0.0542 e.